The summed E-state index contributed by atoms with van der Waals surface area (Å²) in [5.41, 5.74) is -0.491. The highest BCUT2D eigenvalue weighted by molar-refractivity contribution is 7.90. The van der Waals surface area contributed by atoms with Crippen molar-refractivity contribution in [2.75, 3.05) is 13.6 Å². The Morgan fingerprint density at radius 1 is 1.04 bits per heavy atom. The summed E-state index contributed by atoms with van der Waals surface area (Å²) in [6.07, 6.45) is 6.78. The largest absolute Gasteiger partial charge is 0.471 e. The summed E-state index contributed by atoms with van der Waals surface area (Å²) < 4.78 is 39.3. The Bertz CT molecular complexity index is 2100. The van der Waals surface area contributed by atoms with Crippen molar-refractivity contribution >= 4 is 56.2 Å². The van der Waals surface area contributed by atoms with E-state index in [1.54, 1.807) is 20.8 Å². The number of benzene rings is 1. The first kappa shape index (κ1) is 38.7. The Kier molecular flexibility index (Phi) is 10.7. The molecule has 2 aliphatic carbocycles. The van der Waals surface area contributed by atoms with Gasteiger partial charge in [0, 0.05) is 19.4 Å². The molecular formula is C39H48N6O8S2. The number of likely N-dealkylation sites (N-methyl/N-ethyl adjacent to an activating group) is 1. The zero-order valence-electron chi connectivity index (χ0n) is 31.5. The normalized spacial score (nSPS) is 26.8. The average Bonchev–Trinajstić information content (AvgIpc) is 4.00. The third-order valence-electron chi connectivity index (χ3n) is 10.5. The number of amides is 4. The van der Waals surface area contributed by atoms with Crippen molar-refractivity contribution < 1.29 is 37.1 Å². The van der Waals surface area contributed by atoms with Gasteiger partial charge in [-0.25, -0.2) is 27.5 Å². The van der Waals surface area contributed by atoms with Gasteiger partial charge in [-0.05, 0) is 82.9 Å². The molecule has 4 heterocycles. The maximum Gasteiger partial charge on any atom is 0.408 e. The number of rotatable bonds is 7. The predicted molar refractivity (Wildman–Crippen MR) is 206 cm³/mol. The molecule has 3 aromatic rings. The third-order valence-corrected chi connectivity index (χ3v) is 13.6. The van der Waals surface area contributed by atoms with E-state index >= 15 is 0 Å². The van der Waals surface area contributed by atoms with Gasteiger partial charge in [-0.2, -0.15) is 0 Å². The number of hydrogen-bond acceptors (Lipinski definition) is 11. The number of sulfonamides is 1. The van der Waals surface area contributed by atoms with Crippen molar-refractivity contribution in [1.29, 1.82) is 0 Å². The van der Waals surface area contributed by atoms with Crippen LogP contribution in [0.3, 0.4) is 0 Å². The summed E-state index contributed by atoms with van der Waals surface area (Å²) in [4.78, 5) is 68.2. The van der Waals surface area contributed by atoms with E-state index in [1.807, 2.05) is 53.9 Å². The summed E-state index contributed by atoms with van der Waals surface area (Å²) in [5.74, 6) is -1.99. The topological polar surface area (TPSA) is 177 Å². The standard InChI is InChI=1S/C39H48N6O8S2/c1-38(2,3)53-37(49)42-29-16-9-7-5-6-8-13-24-22-39(24,36(48)44(4)55(50,51)26-18-19-26)43-33(46)30-21-25(23-45(30)35(29)47)52-34-32(31-17-12-20-54-31)40-27-14-10-11-15-28(27)41-34/h8,10-15,17,20,24-26,29-30H,5-7,9,16,18-19,21-23H2,1-4H3,(H,42,49)(H,43,46)/b13-8-/t24-,25-,29+,30+,39-/m1/s1. The lowest BCUT2D eigenvalue weighted by Gasteiger charge is -2.31. The molecule has 2 aliphatic heterocycles. The Balaban J connectivity index is 1.22. The summed E-state index contributed by atoms with van der Waals surface area (Å²) in [6, 6.07) is 9.10. The highest BCUT2D eigenvalue weighted by atomic mass is 32.2. The number of para-hydroxylation sites is 2. The Hall–Kier alpha value is -4.57. The number of allylic oxidation sites excluding steroid dienone is 1. The molecule has 7 rings (SSSR count). The molecule has 0 bridgehead atoms. The van der Waals surface area contributed by atoms with E-state index in [0.717, 1.165) is 22.0 Å². The van der Waals surface area contributed by atoms with Crippen LogP contribution in [-0.4, -0.2) is 99.6 Å². The maximum absolute atomic E-state index is 14.6. The molecule has 1 aromatic carbocycles. The van der Waals surface area contributed by atoms with Gasteiger partial charge in [0.15, 0.2) is 0 Å². The van der Waals surface area contributed by atoms with Gasteiger partial charge in [0.05, 0.1) is 27.7 Å². The Morgan fingerprint density at radius 2 is 1.78 bits per heavy atom. The lowest BCUT2D eigenvalue weighted by molar-refractivity contribution is -0.141. The van der Waals surface area contributed by atoms with Gasteiger partial charge in [-0.3, -0.25) is 14.4 Å². The van der Waals surface area contributed by atoms with Crippen LogP contribution < -0.4 is 15.4 Å². The lowest BCUT2D eigenvalue weighted by Crippen LogP contribution is -2.58. The predicted octanol–water partition coefficient (Wildman–Crippen LogP) is 4.95. The molecular weight excluding hydrogens is 745 g/mol. The molecule has 2 aromatic heterocycles. The first-order chi connectivity index (χ1) is 26.2. The van der Waals surface area contributed by atoms with Gasteiger partial charge in [0.1, 0.15) is 35.0 Å². The number of nitrogens with zero attached hydrogens (tertiary/aromatic N) is 4. The molecule has 294 valence electrons. The summed E-state index contributed by atoms with van der Waals surface area (Å²) >= 11 is 1.48. The van der Waals surface area contributed by atoms with Crippen LogP contribution >= 0.6 is 11.3 Å². The first-order valence-corrected chi connectivity index (χ1v) is 21.3. The fraction of sp³-hybridized carbons (Fsp3) is 0.538. The Labute approximate surface area is 325 Å². The first-order valence-electron chi connectivity index (χ1n) is 18.9. The van der Waals surface area contributed by atoms with Crippen molar-refractivity contribution in [3.63, 3.8) is 0 Å². The van der Waals surface area contributed by atoms with Gasteiger partial charge in [0.25, 0.3) is 5.91 Å². The molecule has 16 heteroatoms. The quantitative estimate of drug-likeness (QED) is 0.312. The molecule has 4 amide bonds. The summed E-state index contributed by atoms with van der Waals surface area (Å²) in [6.45, 7) is 5.17. The third kappa shape index (κ3) is 8.35. The number of alkyl carbamates (subject to hydrolysis) is 1. The molecule has 4 aliphatic rings. The Morgan fingerprint density at radius 3 is 2.47 bits per heavy atom. The van der Waals surface area contributed by atoms with E-state index in [2.05, 4.69) is 10.6 Å². The van der Waals surface area contributed by atoms with Crippen molar-refractivity contribution in [3.8, 4) is 16.5 Å². The smallest absolute Gasteiger partial charge is 0.408 e. The van der Waals surface area contributed by atoms with E-state index in [0.29, 0.717) is 48.8 Å². The summed E-state index contributed by atoms with van der Waals surface area (Å²) in [7, 11) is -2.64. The molecule has 5 atom stereocenters. The van der Waals surface area contributed by atoms with Crippen LogP contribution in [-0.2, 0) is 29.1 Å². The maximum atomic E-state index is 14.6. The van der Waals surface area contributed by atoms with Gasteiger partial charge in [0.2, 0.25) is 27.7 Å². The second-order valence-electron chi connectivity index (χ2n) is 15.9. The van der Waals surface area contributed by atoms with Gasteiger partial charge < -0.3 is 25.0 Å². The second-order valence-corrected chi connectivity index (χ2v) is 19.1. The molecule has 1 saturated heterocycles. The second kappa shape index (κ2) is 15.2. The van der Waals surface area contributed by atoms with Crippen LogP contribution in [0, 0.1) is 5.92 Å². The lowest BCUT2D eigenvalue weighted by atomic mass is 10.0. The van der Waals surface area contributed by atoms with Crippen LogP contribution in [0.1, 0.15) is 78.6 Å². The molecule has 2 saturated carbocycles. The number of nitrogens with one attached hydrogen (secondary N) is 2. The zero-order chi connectivity index (χ0) is 39.1. The molecule has 14 nitrogen and oxygen atoms in total. The minimum absolute atomic E-state index is 0.0257. The van der Waals surface area contributed by atoms with Crippen LogP contribution in [0.2, 0.25) is 0 Å². The fourth-order valence-electron chi connectivity index (χ4n) is 7.38. The highest BCUT2D eigenvalue weighted by Crippen LogP contribution is 2.48. The van der Waals surface area contributed by atoms with Gasteiger partial charge >= 0.3 is 6.09 Å². The molecule has 3 fully saturated rings. The van der Waals surface area contributed by atoms with Crippen LogP contribution in [0.15, 0.2) is 53.9 Å². The number of carbonyl (C=O) groups excluding carboxylic acids is 4. The number of hydrogen-bond donors (Lipinski definition) is 2. The van der Waals surface area contributed by atoms with E-state index in [4.69, 9.17) is 19.4 Å². The number of ether oxygens (including phenoxy) is 2. The van der Waals surface area contributed by atoms with E-state index in [9.17, 15) is 27.6 Å². The molecule has 2 N–H and O–H groups in total. The highest BCUT2D eigenvalue weighted by Gasteiger charge is 2.63. The van der Waals surface area contributed by atoms with Crippen LogP contribution in [0.4, 0.5) is 4.79 Å². The van der Waals surface area contributed by atoms with Crippen molar-refractivity contribution in [2.24, 2.45) is 5.92 Å². The average molecular weight is 793 g/mol. The number of carbonyl (C=O) groups is 4. The van der Waals surface area contributed by atoms with Crippen molar-refractivity contribution in [1.82, 2.24) is 29.8 Å². The molecule has 55 heavy (non-hydrogen) atoms. The summed E-state index contributed by atoms with van der Waals surface area (Å²) in [5, 5.41) is 7.01. The zero-order valence-corrected chi connectivity index (χ0v) is 33.2. The minimum atomic E-state index is -3.89. The van der Waals surface area contributed by atoms with Crippen molar-refractivity contribution in [3.05, 3.63) is 53.9 Å². The van der Waals surface area contributed by atoms with Crippen LogP contribution in [0.25, 0.3) is 21.6 Å². The SMILES string of the molecule is CN(C(=O)[C@@]12C[C@H]1/C=C\CCCCC[C@H](NC(=O)OC(C)(C)C)C(=O)N1C[C@H](Oc3nc4ccccc4nc3-c3cccs3)C[C@H]1C(=O)N2)S(=O)(=O)C1CC1. The number of fused-ring (bicyclic) bond motifs is 3. The van der Waals surface area contributed by atoms with E-state index < -0.39 is 74.3 Å². The minimum Gasteiger partial charge on any atom is -0.471 e. The van der Waals surface area contributed by atoms with Gasteiger partial charge in [-0.15, -0.1) is 11.3 Å². The van der Waals surface area contributed by atoms with Crippen molar-refractivity contribution in [2.45, 2.75) is 113 Å². The molecule has 0 unspecified atom stereocenters. The number of thiophene rings is 1. The molecule has 0 spiro atoms. The number of aromatic nitrogens is 2. The van der Waals surface area contributed by atoms with E-state index in [-0.39, 0.29) is 25.3 Å². The van der Waals surface area contributed by atoms with Gasteiger partial charge in [-0.1, -0.05) is 43.2 Å². The van der Waals surface area contributed by atoms with Crippen LogP contribution in [0.5, 0.6) is 5.88 Å². The molecule has 0 radical (unpaired) electrons. The van der Waals surface area contributed by atoms with E-state index in [1.165, 1.54) is 23.3 Å². The fourth-order valence-corrected chi connectivity index (χ4v) is 9.66. The monoisotopic (exact) mass is 792 g/mol.